The highest BCUT2D eigenvalue weighted by Gasteiger charge is 2.44. The van der Waals surface area contributed by atoms with E-state index >= 15 is 0 Å². The molecular weight excluding hydrogens is 432 g/mol. The first kappa shape index (κ1) is 22.0. The molecule has 1 aliphatic rings. The van der Waals surface area contributed by atoms with E-state index in [2.05, 4.69) is 0 Å². The maximum atomic E-state index is 13.9. The summed E-state index contributed by atoms with van der Waals surface area (Å²) in [6, 6.07) is 16.2. The summed E-state index contributed by atoms with van der Waals surface area (Å²) in [4.78, 5) is 31.3. The van der Waals surface area contributed by atoms with Crippen LogP contribution in [0.15, 0.2) is 63.8 Å². The van der Waals surface area contributed by atoms with Crippen LogP contribution >= 0.6 is 0 Å². The quantitative estimate of drug-likeness (QED) is 0.406. The van der Waals surface area contributed by atoms with Gasteiger partial charge < -0.3 is 23.7 Å². The Kier molecular flexibility index (Phi) is 5.49. The average Bonchev–Trinajstić information content (AvgIpc) is 3.13. The zero-order chi connectivity index (χ0) is 24.0. The highest BCUT2D eigenvalue weighted by molar-refractivity contribution is 6.06. The first-order valence-electron chi connectivity index (χ1n) is 11.1. The molecule has 0 saturated carbocycles. The monoisotopic (exact) mass is 458 g/mol. The molecule has 1 atom stereocenters. The molecule has 1 aliphatic heterocycles. The van der Waals surface area contributed by atoms with Gasteiger partial charge in [-0.05, 0) is 31.6 Å². The number of fused-ring (bicyclic) bond motifs is 4. The number of ether oxygens (including phenoxy) is 2. The van der Waals surface area contributed by atoms with E-state index in [-0.39, 0.29) is 17.1 Å². The van der Waals surface area contributed by atoms with Crippen molar-refractivity contribution in [1.29, 1.82) is 0 Å². The molecule has 34 heavy (non-hydrogen) atoms. The predicted molar refractivity (Wildman–Crippen MR) is 131 cm³/mol. The Bertz CT molecular complexity index is 1470. The molecule has 0 bridgehead atoms. The van der Waals surface area contributed by atoms with Crippen LogP contribution in [0.2, 0.25) is 0 Å². The van der Waals surface area contributed by atoms with Gasteiger partial charge in [-0.1, -0.05) is 42.5 Å². The third-order valence-electron chi connectivity index (χ3n) is 6.37. The Labute approximate surface area is 197 Å². The van der Waals surface area contributed by atoms with Crippen LogP contribution in [0.25, 0.3) is 21.7 Å². The molecule has 0 N–H and O–H groups in total. The smallest absolute Gasteiger partial charge is 0.290 e. The molecule has 0 fully saturated rings. The van der Waals surface area contributed by atoms with Crippen molar-refractivity contribution in [2.75, 3.05) is 41.4 Å². The second-order valence-electron chi connectivity index (χ2n) is 8.62. The van der Waals surface area contributed by atoms with Crippen molar-refractivity contribution in [1.82, 2.24) is 9.80 Å². The molecule has 1 amide bonds. The fourth-order valence-electron chi connectivity index (χ4n) is 4.74. The normalized spacial score (nSPS) is 15.4. The van der Waals surface area contributed by atoms with Crippen molar-refractivity contribution in [2.45, 2.75) is 6.04 Å². The van der Waals surface area contributed by atoms with Crippen molar-refractivity contribution in [2.24, 2.45) is 0 Å². The van der Waals surface area contributed by atoms with Gasteiger partial charge in [0, 0.05) is 24.0 Å². The SMILES string of the molecule is COc1cccc(C2c3c(oc4c(ccc5ccccc54)c3=O)C(=O)N2CCN(C)C)c1OC. The molecule has 3 aromatic carbocycles. The Balaban J connectivity index is 1.81. The minimum Gasteiger partial charge on any atom is -0.493 e. The lowest BCUT2D eigenvalue weighted by Gasteiger charge is -2.28. The van der Waals surface area contributed by atoms with E-state index in [1.165, 1.54) is 0 Å². The molecule has 4 aromatic rings. The van der Waals surface area contributed by atoms with Gasteiger partial charge in [0.2, 0.25) is 5.76 Å². The number of hydrogen-bond acceptors (Lipinski definition) is 6. The van der Waals surface area contributed by atoms with E-state index in [1.807, 2.05) is 61.5 Å². The molecule has 0 saturated heterocycles. The Morgan fingerprint density at radius 3 is 2.47 bits per heavy atom. The molecule has 0 spiro atoms. The van der Waals surface area contributed by atoms with Crippen molar-refractivity contribution in [3.63, 3.8) is 0 Å². The van der Waals surface area contributed by atoms with Gasteiger partial charge in [-0.25, -0.2) is 0 Å². The molecular formula is C27H26N2O5. The standard InChI is InChI=1S/C27H26N2O5/c1-28(2)14-15-29-22(18-10-7-11-20(32-3)25(18)33-4)21-23(30)19-13-12-16-8-5-6-9-17(16)24(19)34-26(21)27(29)31/h5-13,22H,14-15H2,1-4H3. The van der Waals surface area contributed by atoms with Gasteiger partial charge in [0.15, 0.2) is 16.9 Å². The lowest BCUT2D eigenvalue weighted by molar-refractivity contribution is 0.0715. The van der Waals surface area contributed by atoms with Gasteiger partial charge in [0.05, 0.1) is 31.2 Å². The number of carbonyl (C=O) groups excluding carboxylic acids is 1. The van der Waals surface area contributed by atoms with Crippen LogP contribution in [0.1, 0.15) is 27.7 Å². The number of amides is 1. The van der Waals surface area contributed by atoms with Crippen LogP contribution in [-0.4, -0.2) is 57.1 Å². The Morgan fingerprint density at radius 1 is 0.941 bits per heavy atom. The fourth-order valence-corrected chi connectivity index (χ4v) is 4.74. The summed E-state index contributed by atoms with van der Waals surface area (Å²) < 4.78 is 17.4. The van der Waals surface area contributed by atoms with Crippen LogP contribution in [0.5, 0.6) is 11.5 Å². The van der Waals surface area contributed by atoms with E-state index in [0.717, 1.165) is 10.8 Å². The average molecular weight is 459 g/mol. The number of likely N-dealkylation sites (N-methyl/N-ethyl adjacent to an activating group) is 1. The lowest BCUT2D eigenvalue weighted by Crippen LogP contribution is -2.35. The van der Waals surface area contributed by atoms with Gasteiger partial charge in [-0.15, -0.1) is 0 Å². The summed E-state index contributed by atoms with van der Waals surface area (Å²) in [5.74, 6) is 0.800. The summed E-state index contributed by atoms with van der Waals surface area (Å²) in [7, 11) is 7.00. The van der Waals surface area contributed by atoms with Crippen LogP contribution in [0.3, 0.4) is 0 Å². The molecule has 174 valence electrons. The summed E-state index contributed by atoms with van der Waals surface area (Å²) in [5, 5.41) is 2.19. The van der Waals surface area contributed by atoms with E-state index in [4.69, 9.17) is 13.9 Å². The molecule has 7 heteroatoms. The second-order valence-corrected chi connectivity index (χ2v) is 8.62. The molecule has 0 aliphatic carbocycles. The van der Waals surface area contributed by atoms with E-state index < -0.39 is 6.04 Å². The van der Waals surface area contributed by atoms with Gasteiger partial charge in [-0.3, -0.25) is 9.59 Å². The number of hydrogen-bond donors (Lipinski definition) is 0. The summed E-state index contributed by atoms with van der Waals surface area (Å²) in [6.07, 6.45) is 0. The number of methoxy groups -OCH3 is 2. The van der Waals surface area contributed by atoms with E-state index in [1.54, 1.807) is 31.3 Å². The topological polar surface area (TPSA) is 72.2 Å². The highest BCUT2D eigenvalue weighted by atomic mass is 16.5. The minimum atomic E-state index is -0.653. The number of benzene rings is 3. The largest absolute Gasteiger partial charge is 0.493 e. The van der Waals surface area contributed by atoms with E-state index in [0.29, 0.717) is 46.7 Å². The highest BCUT2D eigenvalue weighted by Crippen LogP contribution is 2.44. The van der Waals surface area contributed by atoms with Crippen molar-refractivity contribution >= 4 is 27.6 Å². The summed E-state index contributed by atoms with van der Waals surface area (Å²) in [6.45, 7) is 1.04. The van der Waals surface area contributed by atoms with Gasteiger partial charge in [-0.2, -0.15) is 0 Å². The summed E-state index contributed by atoms with van der Waals surface area (Å²) in [5.41, 5.74) is 1.23. The fraction of sp³-hybridized carbons (Fsp3) is 0.259. The van der Waals surface area contributed by atoms with Crippen LogP contribution < -0.4 is 14.9 Å². The zero-order valence-corrected chi connectivity index (χ0v) is 19.6. The molecule has 0 radical (unpaired) electrons. The minimum absolute atomic E-state index is 0.0856. The first-order valence-corrected chi connectivity index (χ1v) is 11.1. The van der Waals surface area contributed by atoms with Crippen LogP contribution in [0, 0.1) is 0 Å². The number of carbonyl (C=O) groups is 1. The van der Waals surface area contributed by atoms with Crippen LogP contribution in [0.4, 0.5) is 0 Å². The molecule has 5 rings (SSSR count). The third kappa shape index (κ3) is 3.31. The van der Waals surface area contributed by atoms with Crippen molar-refractivity contribution in [3.05, 3.63) is 81.7 Å². The Hall–Kier alpha value is -3.84. The van der Waals surface area contributed by atoms with Crippen molar-refractivity contribution < 1.29 is 18.7 Å². The first-order chi connectivity index (χ1) is 16.5. The third-order valence-corrected chi connectivity index (χ3v) is 6.37. The van der Waals surface area contributed by atoms with Crippen LogP contribution in [-0.2, 0) is 0 Å². The van der Waals surface area contributed by atoms with Crippen molar-refractivity contribution in [3.8, 4) is 11.5 Å². The van der Waals surface area contributed by atoms with E-state index in [9.17, 15) is 9.59 Å². The summed E-state index contributed by atoms with van der Waals surface area (Å²) >= 11 is 0. The van der Waals surface area contributed by atoms with Gasteiger partial charge >= 0.3 is 0 Å². The number of rotatable bonds is 6. The maximum absolute atomic E-state index is 13.9. The number of nitrogens with zero attached hydrogens (tertiary/aromatic N) is 2. The predicted octanol–water partition coefficient (Wildman–Crippen LogP) is 4.07. The zero-order valence-electron chi connectivity index (χ0n) is 19.6. The second kappa shape index (κ2) is 8.50. The Morgan fingerprint density at radius 2 is 1.74 bits per heavy atom. The molecule has 7 nitrogen and oxygen atoms in total. The lowest BCUT2D eigenvalue weighted by atomic mass is 9.96. The maximum Gasteiger partial charge on any atom is 0.290 e. The molecule has 1 aromatic heterocycles. The molecule has 2 heterocycles. The van der Waals surface area contributed by atoms with Gasteiger partial charge in [0.25, 0.3) is 5.91 Å². The van der Waals surface area contributed by atoms with Gasteiger partial charge in [0.1, 0.15) is 5.58 Å². The molecule has 1 unspecified atom stereocenters. The number of para-hydroxylation sites is 1.